The normalized spacial score (nSPS) is 42.7. The number of ether oxygens (including phenoxy) is 5. The Labute approximate surface area is 260 Å². The van der Waals surface area contributed by atoms with Crippen LogP contribution in [0.15, 0.2) is 11.6 Å². The molecule has 0 saturated carbocycles. The number of hydrogen-bond donors (Lipinski definition) is 1. The van der Waals surface area contributed by atoms with Crippen molar-refractivity contribution in [2.45, 2.75) is 135 Å². The maximum absolute atomic E-state index is 16.3. The first-order valence-electron chi connectivity index (χ1n) is 15.2. The van der Waals surface area contributed by atoms with E-state index in [2.05, 4.69) is 0 Å². The van der Waals surface area contributed by atoms with Crippen LogP contribution in [0.3, 0.4) is 0 Å². The summed E-state index contributed by atoms with van der Waals surface area (Å²) in [6, 6.07) is -0.320. The van der Waals surface area contributed by atoms with Crippen LogP contribution in [0, 0.1) is 11.8 Å². The molecule has 12 heteroatoms. The van der Waals surface area contributed by atoms with E-state index in [0.717, 1.165) is 6.92 Å². The van der Waals surface area contributed by atoms with Crippen molar-refractivity contribution in [3.63, 3.8) is 0 Å². The molecule has 0 aromatic carbocycles. The highest BCUT2D eigenvalue weighted by Gasteiger charge is 2.55. The maximum Gasteiger partial charge on any atom is 0.351 e. The molecular weight excluding hydrogens is 577 g/mol. The molecular formula is C32H52FNO10. The van der Waals surface area contributed by atoms with Crippen LogP contribution in [-0.4, -0.2) is 108 Å². The summed E-state index contributed by atoms with van der Waals surface area (Å²) < 4.78 is 45.9. The Kier molecular flexibility index (Phi) is 12.5. The van der Waals surface area contributed by atoms with Gasteiger partial charge in [-0.1, -0.05) is 20.8 Å². The third-order valence-corrected chi connectivity index (χ3v) is 8.94. The molecule has 2 aliphatic heterocycles. The molecule has 0 aromatic heterocycles. The van der Waals surface area contributed by atoms with Gasteiger partial charge in [-0.3, -0.25) is 14.4 Å². The summed E-state index contributed by atoms with van der Waals surface area (Å²) in [6.45, 7) is 13.2. The largest absolute Gasteiger partial charge is 0.456 e. The van der Waals surface area contributed by atoms with E-state index in [4.69, 9.17) is 23.7 Å². The highest BCUT2D eigenvalue weighted by molar-refractivity contribution is 6.08. The second-order valence-electron chi connectivity index (χ2n) is 13.2. The molecule has 2 heterocycles. The number of cyclic esters (lactones) is 1. The van der Waals surface area contributed by atoms with Crippen molar-refractivity contribution in [1.82, 2.24) is 4.90 Å². The van der Waals surface area contributed by atoms with E-state index in [-0.39, 0.29) is 36.3 Å². The molecule has 2 rings (SSSR count). The number of ketones is 2. The molecule has 252 valence electrons. The van der Waals surface area contributed by atoms with Crippen LogP contribution < -0.4 is 0 Å². The van der Waals surface area contributed by atoms with Crippen molar-refractivity contribution in [1.29, 1.82) is 0 Å². The molecule has 1 N–H and O–H groups in total. The van der Waals surface area contributed by atoms with Crippen LogP contribution >= 0.6 is 0 Å². The Morgan fingerprint density at radius 3 is 2.25 bits per heavy atom. The van der Waals surface area contributed by atoms with Gasteiger partial charge in [0.1, 0.15) is 11.7 Å². The minimum absolute atomic E-state index is 0.0141. The van der Waals surface area contributed by atoms with Crippen molar-refractivity contribution in [3.8, 4) is 0 Å². The van der Waals surface area contributed by atoms with Gasteiger partial charge < -0.3 is 33.7 Å². The van der Waals surface area contributed by atoms with E-state index < -0.39 is 71.0 Å². The lowest BCUT2D eigenvalue weighted by Gasteiger charge is -2.47. The Balaban J connectivity index is 2.74. The fraction of sp³-hybridized carbons (Fsp3) is 0.812. The van der Waals surface area contributed by atoms with Gasteiger partial charge in [-0.05, 0) is 79.6 Å². The topological polar surface area (TPSA) is 138 Å². The lowest BCUT2D eigenvalue weighted by Crippen LogP contribution is -2.61. The molecule has 0 unspecified atom stereocenters. The van der Waals surface area contributed by atoms with Crippen molar-refractivity contribution in [2.75, 3.05) is 21.2 Å². The average molecular weight is 630 g/mol. The Bertz CT molecular complexity index is 1100. The van der Waals surface area contributed by atoms with E-state index in [0.29, 0.717) is 6.42 Å². The molecule has 2 aliphatic rings. The number of nitrogens with zero attached hydrogens (tertiary/aromatic N) is 1. The van der Waals surface area contributed by atoms with Gasteiger partial charge in [0.25, 0.3) is 5.67 Å². The second kappa shape index (κ2) is 14.5. The van der Waals surface area contributed by atoms with Crippen LogP contribution in [0.5, 0.6) is 0 Å². The SMILES string of the molecule is CC[C@H]1OC(=O)[C@@](C)(F)C(=O)[C@H](C)[C@@H](O[C@@H]2O[C@H](C)C[C@H](N(C)C)[C@H]2OC(C)=O)[C@](C)(OC)C[C@@H](C)C(=O)/C(C)=C/[C@]1(C)O. The lowest BCUT2D eigenvalue weighted by molar-refractivity contribution is -0.298. The number of halogens is 1. The van der Waals surface area contributed by atoms with Crippen LogP contribution in [0.4, 0.5) is 4.39 Å². The number of carbonyl (C=O) groups is 4. The molecule has 0 spiro atoms. The zero-order valence-electron chi connectivity index (χ0n) is 28.3. The second-order valence-corrected chi connectivity index (χ2v) is 13.2. The molecule has 0 bridgehead atoms. The number of esters is 2. The number of alkyl halides is 1. The van der Waals surface area contributed by atoms with E-state index in [9.17, 15) is 24.3 Å². The van der Waals surface area contributed by atoms with Crippen molar-refractivity contribution in [3.05, 3.63) is 11.6 Å². The van der Waals surface area contributed by atoms with Crippen molar-refractivity contribution >= 4 is 23.5 Å². The van der Waals surface area contributed by atoms with Gasteiger partial charge >= 0.3 is 11.9 Å². The van der Waals surface area contributed by atoms with Crippen molar-refractivity contribution < 1.29 is 52.4 Å². The predicted octanol–water partition coefficient (Wildman–Crippen LogP) is 3.33. The molecule has 11 atom stereocenters. The van der Waals surface area contributed by atoms with Gasteiger partial charge in [-0.25, -0.2) is 9.18 Å². The fourth-order valence-electron chi connectivity index (χ4n) is 6.42. The number of aliphatic hydroxyl groups is 1. The number of likely N-dealkylation sites (N-methyl/N-ethyl adjacent to an activating group) is 1. The van der Waals surface area contributed by atoms with Crippen LogP contribution in [0.2, 0.25) is 0 Å². The van der Waals surface area contributed by atoms with E-state index in [1.165, 1.54) is 34.0 Å². The summed E-state index contributed by atoms with van der Waals surface area (Å²) in [5.74, 6) is -5.55. The number of Topliss-reactive ketones (excluding diaryl/α,β-unsaturated/α-hetero) is 2. The molecule has 1 saturated heterocycles. The van der Waals surface area contributed by atoms with Crippen LogP contribution in [0.1, 0.15) is 81.6 Å². The fourth-order valence-corrected chi connectivity index (χ4v) is 6.42. The molecule has 0 aliphatic carbocycles. The van der Waals surface area contributed by atoms with E-state index in [1.54, 1.807) is 27.7 Å². The van der Waals surface area contributed by atoms with Gasteiger partial charge in [0.15, 0.2) is 24.0 Å². The summed E-state index contributed by atoms with van der Waals surface area (Å²) in [5, 5.41) is 11.2. The molecule has 1 fully saturated rings. The smallest absolute Gasteiger partial charge is 0.351 e. The quantitative estimate of drug-likeness (QED) is 0.342. The predicted molar refractivity (Wildman–Crippen MR) is 159 cm³/mol. The van der Waals surface area contributed by atoms with Gasteiger partial charge in [0.2, 0.25) is 0 Å². The Hall–Kier alpha value is -2.25. The van der Waals surface area contributed by atoms with Gasteiger partial charge in [0.05, 0.1) is 23.9 Å². The third-order valence-electron chi connectivity index (χ3n) is 8.94. The lowest BCUT2D eigenvalue weighted by atomic mass is 9.76. The molecule has 0 aromatic rings. The zero-order valence-corrected chi connectivity index (χ0v) is 28.3. The average Bonchev–Trinajstić information content (AvgIpc) is 2.92. The summed E-state index contributed by atoms with van der Waals surface area (Å²) in [4.78, 5) is 54.6. The van der Waals surface area contributed by atoms with Crippen molar-refractivity contribution in [2.24, 2.45) is 11.8 Å². The highest BCUT2D eigenvalue weighted by atomic mass is 19.1. The van der Waals surface area contributed by atoms with Crippen LogP contribution in [0.25, 0.3) is 0 Å². The minimum atomic E-state index is -3.13. The third kappa shape index (κ3) is 8.31. The number of allylic oxidation sites excluding steroid dienone is 1. The number of rotatable bonds is 6. The zero-order chi connectivity index (χ0) is 33.9. The van der Waals surface area contributed by atoms with Crippen LogP contribution in [-0.2, 0) is 42.9 Å². The summed E-state index contributed by atoms with van der Waals surface area (Å²) in [6.07, 6.45) is -3.09. The molecule has 0 amide bonds. The number of hydrogen-bond acceptors (Lipinski definition) is 11. The monoisotopic (exact) mass is 629 g/mol. The first kappa shape index (κ1) is 37.9. The minimum Gasteiger partial charge on any atom is -0.456 e. The molecule has 0 radical (unpaired) electrons. The Morgan fingerprint density at radius 2 is 1.75 bits per heavy atom. The standard InChI is InChI=1S/C32H52FNO10/c1-13-23-30(7,39)15-17(2)24(36)18(3)16-31(8,40-12)27(20(5)26(37)32(9,33)29(38)43-23)44-28-25(42-21(6)35)22(34(10)11)14-19(4)41-28/h15,18-20,22-23,25,27-28,39H,13-14,16H2,1-12H3/b17-15+/t18-,19-,20+,22+,23-,25-,27-,28+,30+,31-,32+/m1/s1. The molecule has 11 nitrogen and oxygen atoms in total. The van der Waals surface area contributed by atoms with E-state index >= 15 is 4.39 Å². The highest BCUT2D eigenvalue weighted by Crippen LogP contribution is 2.39. The first-order valence-corrected chi connectivity index (χ1v) is 15.2. The molecule has 44 heavy (non-hydrogen) atoms. The first-order chi connectivity index (χ1) is 20.1. The van der Waals surface area contributed by atoms with Gasteiger partial charge in [-0.15, -0.1) is 0 Å². The summed E-state index contributed by atoms with van der Waals surface area (Å²) >= 11 is 0. The summed E-state index contributed by atoms with van der Waals surface area (Å²) in [5.41, 5.74) is -6.16. The van der Waals surface area contributed by atoms with E-state index in [1.807, 2.05) is 25.9 Å². The number of methoxy groups -OCH3 is 1. The number of carbonyl (C=O) groups excluding carboxylic acids is 4. The Morgan fingerprint density at radius 1 is 1.16 bits per heavy atom. The maximum atomic E-state index is 16.3. The van der Waals surface area contributed by atoms with Gasteiger partial charge in [0, 0.05) is 25.9 Å². The van der Waals surface area contributed by atoms with Gasteiger partial charge in [-0.2, -0.15) is 0 Å². The summed E-state index contributed by atoms with van der Waals surface area (Å²) in [7, 11) is 5.04.